The first-order chi connectivity index (χ1) is 10.2. The van der Waals surface area contributed by atoms with Crippen molar-refractivity contribution in [1.29, 1.82) is 0 Å². The average molecular weight is 305 g/mol. The molecule has 0 bridgehead atoms. The van der Waals surface area contributed by atoms with Crippen LogP contribution in [0.3, 0.4) is 0 Å². The summed E-state index contributed by atoms with van der Waals surface area (Å²) in [4.78, 5) is 10.1. The van der Waals surface area contributed by atoms with Crippen LogP contribution in [0.2, 0.25) is 0 Å². The minimum Gasteiger partial charge on any atom is -0.370 e. The van der Waals surface area contributed by atoms with Crippen LogP contribution in [-0.2, 0) is 6.42 Å². The second-order valence-electron chi connectivity index (χ2n) is 4.74. The maximum Gasteiger partial charge on any atom is 0.132 e. The molecule has 3 nitrogen and oxygen atoms in total. The summed E-state index contributed by atoms with van der Waals surface area (Å²) in [7, 11) is 0. The van der Waals surface area contributed by atoms with Crippen LogP contribution < -0.4 is 5.32 Å². The Morgan fingerprint density at radius 3 is 2.52 bits per heavy atom. The summed E-state index contributed by atoms with van der Waals surface area (Å²) in [5, 5.41) is 4.19. The third kappa shape index (κ3) is 5.01. The van der Waals surface area contributed by atoms with Gasteiger partial charge in [0.2, 0.25) is 0 Å². The quantitative estimate of drug-likeness (QED) is 0.762. The second kappa shape index (κ2) is 7.98. The van der Waals surface area contributed by atoms with Crippen LogP contribution in [0.5, 0.6) is 0 Å². The molecule has 1 N–H and O–H groups in total. The van der Waals surface area contributed by atoms with Crippen LogP contribution in [0.4, 0.5) is 10.2 Å². The molecular formula is C16H20FN3S. The summed E-state index contributed by atoms with van der Waals surface area (Å²) >= 11 is 1.53. The van der Waals surface area contributed by atoms with E-state index >= 15 is 0 Å². The first kappa shape index (κ1) is 15.8. The van der Waals surface area contributed by atoms with E-state index in [1.807, 2.05) is 6.07 Å². The van der Waals surface area contributed by atoms with E-state index < -0.39 is 0 Å². The van der Waals surface area contributed by atoms with Crippen molar-refractivity contribution < 1.29 is 4.39 Å². The Bertz CT molecular complexity index is 572. The van der Waals surface area contributed by atoms with E-state index in [-0.39, 0.29) is 5.82 Å². The number of nitrogens with one attached hydrogen (secondary N) is 1. The van der Waals surface area contributed by atoms with Gasteiger partial charge in [-0.25, -0.2) is 14.4 Å². The largest absolute Gasteiger partial charge is 0.370 e. The Morgan fingerprint density at radius 1 is 1.10 bits per heavy atom. The van der Waals surface area contributed by atoms with Crippen molar-refractivity contribution in [2.45, 2.75) is 43.0 Å². The second-order valence-corrected chi connectivity index (χ2v) is 5.83. The third-order valence-corrected chi connectivity index (χ3v) is 3.74. The molecule has 0 aliphatic rings. The molecule has 2 aromatic rings. The number of rotatable bonds is 7. The van der Waals surface area contributed by atoms with Gasteiger partial charge in [-0.2, -0.15) is 0 Å². The zero-order valence-electron chi connectivity index (χ0n) is 12.4. The molecule has 1 aromatic heterocycles. The van der Waals surface area contributed by atoms with Crippen molar-refractivity contribution in [1.82, 2.24) is 9.97 Å². The lowest BCUT2D eigenvalue weighted by Crippen LogP contribution is -2.05. The molecule has 0 atom stereocenters. The van der Waals surface area contributed by atoms with Gasteiger partial charge in [-0.1, -0.05) is 25.6 Å². The zero-order chi connectivity index (χ0) is 15.1. The van der Waals surface area contributed by atoms with Crippen LogP contribution in [0.25, 0.3) is 0 Å². The van der Waals surface area contributed by atoms with Crippen LogP contribution >= 0.6 is 11.8 Å². The monoisotopic (exact) mass is 305 g/mol. The summed E-state index contributed by atoms with van der Waals surface area (Å²) in [5.74, 6) is 1.49. The fraction of sp³-hybridized carbons (Fsp3) is 0.375. The Labute approximate surface area is 129 Å². The minimum absolute atomic E-state index is 0.223. The van der Waals surface area contributed by atoms with E-state index in [0.29, 0.717) is 0 Å². The normalized spacial score (nSPS) is 10.6. The number of hydrogen-bond acceptors (Lipinski definition) is 4. The summed E-state index contributed by atoms with van der Waals surface area (Å²) in [6.45, 7) is 5.13. The number of benzene rings is 1. The molecule has 0 aliphatic heterocycles. The number of hydrogen-bond donors (Lipinski definition) is 1. The summed E-state index contributed by atoms with van der Waals surface area (Å²) in [6.07, 6.45) is 2.92. The van der Waals surface area contributed by atoms with Gasteiger partial charge in [0.25, 0.3) is 0 Å². The lowest BCUT2D eigenvalue weighted by Gasteiger charge is -2.09. The van der Waals surface area contributed by atoms with Crippen LogP contribution in [0.15, 0.2) is 40.3 Å². The lowest BCUT2D eigenvalue weighted by molar-refractivity contribution is 0.626. The Hall–Kier alpha value is -1.62. The molecule has 0 unspecified atom stereocenters. The highest BCUT2D eigenvalue weighted by Crippen LogP contribution is 2.27. The Morgan fingerprint density at radius 2 is 1.86 bits per heavy atom. The van der Waals surface area contributed by atoms with Gasteiger partial charge in [-0.3, -0.25) is 0 Å². The van der Waals surface area contributed by atoms with Gasteiger partial charge in [0.1, 0.15) is 22.5 Å². The molecule has 0 fully saturated rings. The first-order valence-electron chi connectivity index (χ1n) is 7.26. The van der Waals surface area contributed by atoms with Crippen LogP contribution in [0.1, 0.15) is 32.5 Å². The van der Waals surface area contributed by atoms with Gasteiger partial charge >= 0.3 is 0 Å². The molecule has 21 heavy (non-hydrogen) atoms. The summed E-state index contributed by atoms with van der Waals surface area (Å²) < 4.78 is 12.9. The number of aryl methyl sites for hydroxylation is 1. The maximum atomic E-state index is 12.9. The summed E-state index contributed by atoms with van der Waals surface area (Å²) in [6, 6.07) is 8.41. The van der Waals surface area contributed by atoms with E-state index in [2.05, 4.69) is 29.1 Å². The topological polar surface area (TPSA) is 37.8 Å². The highest BCUT2D eigenvalue weighted by atomic mass is 32.2. The summed E-state index contributed by atoms with van der Waals surface area (Å²) in [5.41, 5.74) is 0. The lowest BCUT2D eigenvalue weighted by atomic mass is 10.3. The minimum atomic E-state index is -0.223. The SMILES string of the molecule is CCCNc1cc(Sc2ccc(F)cc2)nc(CCC)n1. The van der Waals surface area contributed by atoms with Crippen molar-refractivity contribution in [3.8, 4) is 0 Å². The smallest absolute Gasteiger partial charge is 0.132 e. The molecule has 2 rings (SSSR count). The van der Waals surface area contributed by atoms with E-state index in [1.165, 1.54) is 23.9 Å². The maximum absolute atomic E-state index is 12.9. The van der Waals surface area contributed by atoms with Crippen molar-refractivity contribution in [3.63, 3.8) is 0 Å². The molecule has 5 heteroatoms. The average Bonchev–Trinajstić information content (AvgIpc) is 2.48. The molecule has 0 saturated heterocycles. The van der Waals surface area contributed by atoms with Gasteiger partial charge in [-0.15, -0.1) is 0 Å². The van der Waals surface area contributed by atoms with E-state index in [0.717, 1.165) is 47.4 Å². The number of anilines is 1. The Balaban J connectivity index is 2.19. The Kier molecular flexibility index (Phi) is 5.99. The van der Waals surface area contributed by atoms with E-state index in [1.54, 1.807) is 12.1 Å². The standard InChI is InChI=1S/C16H20FN3S/c1-3-5-14-19-15(18-10-4-2)11-16(20-14)21-13-8-6-12(17)7-9-13/h6-9,11H,3-5,10H2,1-2H3,(H,18,19,20). The van der Waals surface area contributed by atoms with Gasteiger partial charge in [0.15, 0.2) is 0 Å². The van der Waals surface area contributed by atoms with Gasteiger partial charge in [0.05, 0.1) is 0 Å². The fourth-order valence-electron chi connectivity index (χ4n) is 1.83. The van der Waals surface area contributed by atoms with Crippen molar-refractivity contribution in [2.24, 2.45) is 0 Å². The van der Waals surface area contributed by atoms with Crippen molar-refractivity contribution in [2.75, 3.05) is 11.9 Å². The molecule has 0 radical (unpaired) electrons. The molecule has 0 saturated carbocycles. The molecule has 0 spiro atoms. The van der Waals surface area contributed by atoms with Gasteiger partial charge in [-0.05, 0) is 37.1 Å². The van der Waals surface area contributed by atoms with Gasteiger partial charge in [0, 0.05) is 23.9 Å². The fourth-order valence-corrected chi connectivity index (χ4v) is 2.66. The third-order valence-electron chi connectivity index (χ3n) is 2.81. The van der Waals surface area contributed by atoms with Crippen molar-refractivity contribution >= 4 is 17.6 Å². The first-order valence-corrected chi connectivity index (χ1v) is 8.08. The predicted octanol–water partition coefficient (Wildman–Crippen LogP) is 4.54. The van der Waals surface area contributed by atoms with Crippen LogP contribution in [0, 0.1) is 5.82 Å². The highest BCUT2D eigenvalue weighted by Gasteiger charge is 2.06. The van der Waals surface area contributed by atoms with Gasteiger partial charge < -0.3 is 5.32 Å². The van der Waals surface area contributed by atoms with E-state index in [9.17, 15) is 4.39 Å². The zero-order valence-corrected chi connectivity index (χ0v) is 13.2. The van der Waals surface area contributed by atoms with Crippen LogP contribution in [-0.4, -0.2) is 16.5 Å². The number of halogens is 1. The molecule has 1 aromatic carbocycles. The highest BCUT2D eigenvalue weighted by molar-refractivity contribution is 7.99. The molecule has 0 amide bonds. The molecule has 0 aliphatic carbocycles. The predicted molar refractivity (Wildman–Crippen MR) is 85.3 cm³/mol. The molecule has 112 valence electrons. The number of aromatic nitrogens is 2. The van der Waals surface area contributed by atoms with Crippen molar-refractivity contribution in [3.05, 3.63) is 42.0 Å². The molecular weight excluding hydrogens is 285 g/mol. The van der Waals surface area contributed by atoms with E-state index in [4.69, 9.17) is 0 Å². The molecule has 1 heterocycles. The number of nitrogens with zero attached hydrogens (tertiary/aromatic N) is 2.